The smallest absolute Gasteiger partial charge is 0.457 e. The Morgan fingerprint density at radius 3 is 2.33 bits per heavy atom. The Bertz CT molecular complexity index is 1600. The second kappa shape index (κ2) is 11.0. The van der Waals surface area contributed by atoms with Gasteiger partial charge < -0.3 is 34.5 Å². The van der Waals surface area contributed by atoms with Crippen molar-refractivity contribution >= 4 is 29.8 Å². The molecular formula is C25H23F3NO9P. The van der Waals surface area contributed by atoms with Crippen LogP contribution in [0.2, 0.25) is 0 Å². The van der Waals surface area contributed by atoms with Gasteiger partial charge in [-0.1, -0.05) is 12.1 Å². The SMILES string of the molecule is NC(CO)(CCc1ccc2c(=O)c3cc(Oc4cccc(OC(F)(F)F)c4)ccc3oc2c1)COP(=O)(O)O. The maximum Gasteiger partial charge on any atom is 0.573 e. The molecule has 0 aliphatic heterocycles. The molecule has 3 aromatic carbocycles. The van der Waals surface area contributed by atoms with E-state index in [1.165, 1.54) is 30.3 Å². The van der Waals surface area contributed by atoms with Crippen LogP contribution in [0.15, 0.2) is 69.9 Å². The number of fused-ring (bicyclic) bond motifs is 2. The summed E-state index contributed by atoms with van der Waals surface area (Å²) in [5.41, 5.74) is 5.43. The number of ether oxygens (including phenoxy) is 2. The number of phosphoric acid groups is 1. The molecule has 4 aromatic rings. The lowest BCUT2D eigenvalue weighted by Gasteiger charge is -2.27. The van der Waals surface area contributed by atoms with E-state index in [4.69, 9.17) is 24.7 Å². The molecule has 5 N–H and O–H groups in total. The van der Waals surface area contributed by atoms with Crippen molar-refractivity contribution in [3.8, 4) is 17.2 Å². The molecule has 39 heavy (non-hydrogen) atoms. The van der Waals surface area contributed by atoms with Gasteiger partial charge in [0.2, 0.25) is 5.43 Å². The average molecular weight is 569 g/mol. The molecule has 0 aliphatic carbocycles. The number of benzene rings is 3. The number of aliphatic hydroxyl groups is 1. The van der Waals surface area contributed by atoms with Crippen LogP contribution in [0.3, 0.4) is 0 Å². The van der Waals surface area contributed by atoms with Gasteiger partial charge in [0.25, 0.3) is 0 Å². The summed E-state index contributed by atoms with van der Waals surface area (Å²) in [5, 5.41) is 10.0. The molecule has 0 saturated carbocycles. The van der Waals surface area contributed by atoms with Crippen LogP contribution in [0.1, 0.15) is 12.0 Å². The van der Waals surface area contributed by atoms with Gasteiger partial charge in [0.15, 0.2) is 0 Å². The van der Waals surface area contributed by atoms with Gasteiger partial charge in [0.05, 0.1) is 29.5 Å². The van der Waals surface area contributed by atoms with E-state index in [1.807, 2.05) is 0 Å². The number of phosphoric ester groups is 1. The van der Waals surface area contributed by atoms with Crippen LogP contribution >= 0.6 is 7.82 Å². The van der Waals surface area contributed by atoms with Gasteiger partial charge in [0, 0.05) is 6.07 Å². The molecule has 1 atom stereocenters. The number of rotatable bonds is 10. The number of aryl methyl sites for hydroxylation is 1. The van der Waals surface area contributed by atoms with Gasteiger partial charge in [-0.25, -0.2) is 4.57 Å². The summed E-state index contributed by atoms with van der Waals surface area (Å²) in [7, 11) is -4.76. The van der Waals surface area contributed by atoms with E-state index < -0.39 is 38.7 Å². The molecule has 0 bridgehead atoms. The molecule has 4 rings (SSSR count). The lowest BCUT2D eigenvalue weighted by molar-refractivity contribution is -0.274. The van der Waals surface area contributed by atoms with E-state index in [0.29, 0.717) is 5.56 Å². The van der Waals surface area contributed by atoms with Crippen LogP contribution in [-0.2, 0) is 15.5 Å². The zero-order valence-corrected chi connectivity index (χ0v) is 20.9. The van der Waals surface area contributed by atoms with E-state index in [2.05, 4.69) is 9.26 Å². The highest BCUT2D eigenvalue weighted by molar-refractivity contribution is 7.46. The molecule has 1 aromatic heterocycles. The first-order valence-electron chi connectivity index (χ1n) is 11.4. The first-order valence-corrected chi connectivity index (χ1v) is 12.9. The van der Waals surface area contributed by atoms with Crippen molar-refractivity contribution in [2.24, 2.45) is 5.73 Å². The number of halogens is 3. The predicted octanol–water partition coefficient (Wildman–Crippen LogP) is 4.37. The maximum atomic E-state index is 13.2. The minimum absolute atomic E-state index is 0.0657. The van der Waals surface area contributed by atoms with Crippen LogP contribution < -0.4 is 20.6 Å². The summed E-state index contributed by atoms with van der Waals surface area (Å²) in [5.74, 6) is -0.200. The monoisotopic (exact) mass is 569 g/mol. The fraction of sp³-hybridized carbons (Fsp3) is 0.240. The van der Waals surface area contributed by atoms with Crippen molar-refractivity contribution in [3.05, 3.63) is 76.5 Å². The molecule has 1 unspecified atom stereocenters. The third kappa shape index (κ3) is 7.57. The topological polar surface area (TPSA) is 162 Å². The highest BCUT2D eigenvalue weighted by Crippen LogP contribution is 2.37. The van der Waals surface area contributed by atoms with E-state index in [9.17, 15) is 27.6 Å². The fourth-order valence-electron chi connectivity index (χ4n) is 3.77. The van der Waals surface area contributed by atoms with Crippen molar-refractivity contribution in [3.63, 3.8) is 0 Å². The molecular weight excluding hydrogens is 546 g/mol. The Balaban J connectivity index is 1.55. The largest absolute Gasteiger partial charge is 0.573 e. The molecule has 208 valence electrons. The van der Waals surface area contributed by atoms with E-state index in [1.54, 1.807) is 18.2 Å². The van der Waals surface area contributed by atoms with Crippen molar-refractivity contribution in [1.82, 2.24) is 0 Å². The van der Waals surface area contributed by atoms with Gasteiger partial charge in [0.1, 0.15) is 28.4 Å². The van der Waals surface area contributed by atoms with E-state index in [-0.39, 0.29) is 51.7 Å². The molecule has 0 aliphatic rings. The molecule has 0 radical (unpaired) electrons. The lowest BCUT2D eigenvalue weighted by Crippen LogP contribution is -2.48. The van der Waals surface area contributed by atoms with Crippen molar-refractivity contribution in [2.75, 3.05) is 13.2 Å². The third-order valence-corrected chi connectivity index (χ3v) is 6.19. The Kier molecular flexibility index (Phi) is 8.03. The second-order valence-electron chi connectivity index (χ2n) is 8.83. The van der Waals surface area contributed by atoms with Crippen molar-refractivity contribution < 1.29 is 51.0 Å². The second-order valence-corrected chi connectivity index (χ2v) is 10.1. The highest BCUT2D eigenvalue weighted by Gasteiger charge is 2.31. The summed E-state index contributed by atoms with van der Waals surface area (Å²) in [6, 6.07) is 14.2. The van der Waals surface area contributed by atoms with Crippen LogP contribution in [-0.4, -0.2) is 40.0 Å². The van der Waals surface area contributed by atoms with Gasteiger partial charge in [-0.2, -0.15) is 0 Å². The number of nitrogens with two attached hydrogens (primary N) is 1. The molecule has 14 heteroatoms. The highest BCUT2D eigenvalue weighted by atomic mass is 31.2. The Morgan fingerprint density at radius 2 is 1.64 bits per heavy atom. The zero-order valence-electron chi connectivity index (χ0n) is 20.1. The third-order valence-electron chi connectivity index (χ3n) is 5.73. The predicted molar refractivity (Wildman–Crippen MR) is 134 cm³/mol. The molecule has 10 nitrogen and oxygen atoms in total. The average Bonchev–Trinajstić information content (AvgIpc) is 2.85. The van der Waals surface area contributed by atoms with E-state index in [0.717, 1.165) is 12.1 Å². The van der Waals surface area contributed by atoms with Crippen LogP contribution in [0.25, 0.3) is 21.9 Å². The number of hydrogen-bond acceptors (Lipinski definition) is 8. The van der Waals surface area contributed by atoms with E-state index >= 15 is 0 Å². The van der Waals surface area contributed by atoms with Crippen molar-refractivity contribution in [2.45, 2.75) is 24.7 Å². The summed E-state index contributed by atoms with van der Waals surface area (Å²) in [6.45, 7) is -1.14. The van der Waals surface area contributed by atoms with Gasteiger partial charge in [-0.3, -0.25) is 9.32 Å². The summed E-state index contributed by atoms with van der Waals surface area (Å²) < 4.78 is 68.3. The lowest BCUT2D eigenvalue weighted by atomic mass is 9.93. The first-order chi connectivity index (χ1) is 18.2. The number of hydrogen-bond donors (Lipinski definition) is 4. The zero-order chi connectivity index (χ0) is 28.4. The van der Waals surface area contributed by atoms with Gasteiger partial charge in [-0.15, -0.1) is 13.2 Å². The Labute approximate surface area is 218 Å². The quantitative estimate of drug-likeness (QED) is 0.159. The fourth-order valence-corrected chi connectivity index (χ4v) is 4.20. The van der Waals surface area contributed by atoms with Crippen LogP contribution in [0, 0.1) is 0 Å². The van der Waals surface area contributed by atoms with Crippen LogP contribution in [0.5, 0.6) is 17.2 Å². The molecule has 0 spiro atoms. The minimum Gasteiger partial charge on any atom is -0.457 e. The van der Waals surface area contributed by atoms with Gasteiger partial charge >= 0.3 is 14.2 Å². The molecule has 0 saturated heterocycles. The van der Waals surface area contributed by atoms with Crippen molar-refractivity contribution in [1.29, 1.82) is 0 Å². The first kappa shape index (κ1) is 28.6. The maximum absolute atomic E-state index is 13.2. The normalized spacial score (nSPS) is 13.9. The van der Waals surface area contributed by atoms with Crippen LogP contribution in [0.4, 0.5) is 13.2 Å². The molecule has 0 fully saturated rings. The number of alkyl halides is 3. The summed E-state index contributed by atoms with van der Waals surface area (Å²) in [6.07, 6.45) is -4.46. The summed E-state index contributed by atoms with van der Waals surface area (Å²) >= 11 is 0. The number of aliphatic hydroxyl groups excluding tert-OH is 1. The summed E-state index contributed by atoms with van der Waals surface area (Å²) in [4.78, 5) is 30.9. The standard InChI is InChI=1S/C25H23F3NO9P/c26-25(27,28)38-18-3-1-2-16(11-18)36-17-5-7-21-20(12-17)23(31)19-6-4-15(10-22(19)37-21)8-9-24(29,13-30)14-35-39(32,33)34/h1-7,10-12,30H,8-9,13-14,29H2,(H2,32,33,34). The van der Waals surface area contributed by atoms with Gasteiger partial charge in [-0.05, 0) is 60.9 Å². The molecule has 0 amide bonds. The Hall–Kier alpha value is -3.45. The minimum atomic E-state index is -4.85. The Morgan fingerprint density at radius 1 is 0.923 bits per heavy atom. The molecule has 1 heterocycles.